The van der Waals surface area contributed by atoms with Crippen LogP contribution in [0.4, 0.5) is 0 Å². The summed E-state index contributed by atoms with van der Waals surface area (Å²) in [6, 6.07) is 25.5. The molecule has 0 fully saturated rings. The molecule has 4 heteroatoms. The number of aromatic nitrogens is 1. The van der Waals surface area contributed by atoms with Crippen molar-refractivity contribution in [3.63, 3.8) is 0 Å². The minimum Gasteiger partial charge on any atom is -0.467 e. The normalized spacial score (nSPS) is 12.9. The monoisotopic (exact) mass is 410 g/mol. The zero-order valence-electron chi connectivity index (χ0n) is 18.0. The van der Waals surface area contributed by atoms with Gasteiger partial charge in [-0.05, 0) is 24.6 Å². The van der Waals surface area contributed by atoms with Gasteiger partial charge in [-0.15, -0.1) is 0 Å². The molecule has 2 atom stereocenters. The Morgan fingerprint density at radius 1 is 0.935 bits per heavy atom. The van der Waals surface area contributed by atoms with Crippen LogP contribution in [-0.4, -0.2) is 29.8 Å². The Labute approximate surface area is 182 Å². The number of aryl methyl sites for hydroxylation is 1. The molecule has 4 aromatic rings. The van der Waals surface area contributed by atoms with Crippen molar-refractivity contribution in [1.29, 1.82) is 0 Å². The molecular weight excluding hydrogens is 384 g/mol. The number of benzene rings is 3. The van der Waals surface area contributed by atoms with E-state index in [2.05, 4.69) is 30.1 Å². The predicted molar refractivity (Wildman–Crippen MR) is 126 cm³/mol. The zero-order chi connectivity index (χ0) is 21.8. The second-order valence-corrected chi connectivity index (χ2v) is 7.76. The molecule has 0 aliphatic heterocycles. The first-order valence-corrected chi connectivity index (χ1v) is 10.4. The molecule has 4 rings (SSSR count). The standard InChI is InChI=1S/C27H26N2O2/c1-18-14-15-24-22(16-18)23(17-28-24)19(2)25(27(30)31-3)29-26(20-10-6-4-7-11-20)21-12-8-5-9-13-21/h4-17,19,25,28H,1-3H3/t19-,25+/m1/s1. The number of aromatic amines is 1. The topological polar surface area (TPSA) is 54.4 Å². The van der Waals surface area contributed by atoms with Crippen LogP contribution in [0.3, 0.4) is 0 Å². The van der Waals surface area contributed by atoms with Crippen LogP contribution in [0.2, 0.25) is 0 Å². The molecule has 0 aliphatic carbocycles. The van der Waals surface area contributed by atoms with Crippen molar-refractivity contribution in [3.05, 3.63) is 107 Å². The molecule has 0 bridgehead atoms. The molecular formula is C27H26N2O2. The van der Waals surface area contributed by atoms with Crippen molar-refractivity contribution in [1.82, 2.24) is 4.98 Å². The first kappa shape index (κ1) is 20.6. The summed E-state index contributed by atoms with van der Waals surface area (Å²) in [6.07, 6.45) is 1.98. The number of methoxy groups -OCH3 is 1. The maximum absolute atomic E-state index is 12.9. The Kier molecular flexibility index (Phi) is 5.99. The second kappa shape index (κ2) is 9.00. The van der Waals surface area contributed by atoms with Gasteiger partial charge in [-0.2, -0.15) is 0 Å². The average molecular weight is 411 g/mol. The molecule has 0 spiro atoms. The van der Waals surface area contributed by atoms with Gasteiger partial charge >= 0.3 is 5.97 Å². The van der Waals surface area contributed by atoms with Crippen molar-refractivity contribution in [2.75, 3.05) is 7.11 Å². The minimum absolute atomic E-state index is 0.176. The van der Waals surface area contributed by atoms with Crippen LogP contribution >= 0.6 is 0 Å². The number of rotatable bonds is 6. The Morgan fingerprint density at radius 2 is 1.55 bits per heavy atom. The van der Waals surface area contributed by atoms with E-state index in [1.165, 1.54) is 12.7 Å². The van der Waals surface area contributed by atoms with Crippen molar-refractivity contribution >= 4 is 22.6 Å². The number of nitrogens with one attached hydrogen (secondary N) is 1. The molecule has 1 aromatic heterocycles. The average Bonchev–Trinajstić information content (AvgIpc) is 3.23. The lowest BCUT2D eigenvalue weighted by Gasteiger charge is -2.20. The van der Waals surface area contributed by atoms with Gasteiger partial charge in [0.05, 0.1) is 12.8 Å². The van der Waals surface area contributed by atoms with Crippen molar-refractivity contribution < 1.29 is 9.53 Å². The highest BCUT2D eigenvalue weighted by molar-refractivity contribution is 6.13. The number of ether oxygens (including phenoxy) is 1. The lowest BCUT2D eigenvalue weighted by atomic mass is 9.92. The van der Waals surface area contributed by atoms with E-state index in [0.29, 0.717) is 0 Å². The Morgan fingerprint density at radius 3 is 2.13 bits per heavy atom. The second-order valence-electron chi connectivity index (χ2n) is 7.76. The summed E-state index contributed by atoms with van der Waals surface area (Å²) in [5.74, 6) is -0.524. The number of carbonyl (C=O) groups excluding carboxylic acids is 1. The molecule has 0 saturated heterocycles. The van der Waals surface area contributed by atoms with Crippen molar-refractivity contribution in [2.24, 2.45) is 4.99 Å². The molecule has 3 aromatic carbocycles. The van der Waals surface area contributed by atoms with Crippen LogP contribution in [-0.2, 0) is 9.53 Å². The van der Waals surface area contributed by atoms with E-state index in [4.69, 9.17) is 9.73 Å². The fourth-order valence-electron chi connectivity index (χ4n) is 3.94. The van der Waals surface area contributed by atoms with E-state index >= 15 is 0 Å². The van der Waals surface area contributed by atoms with E-state index in [1.807, 2.05) is 73.8 Å². The van der Waals surface area contributed by atoms with Gasteiger partial charge in [0, 0.05) is 34.1 Å². The highest BCUT2D eigenvalue weighted by Crippen LogP contribution is 2.31. The third-order valence-corrected chi connectivity index (χ3v) is 5.64. The van der Waals surface area contributed by atoms with Crippen LogP contribution in [0.5, 0.6) is 0 Å². The molecule has 0 aliphatic rings. The van der Waals surface area contributed by atoms with Gasteiger partial charge in [-0.1, -0.05) is 79.2 Å². The first-order chi connectivity index (χ1) is 15.1. The third-order valence-electron chi connectivity index (χ3n) is 5.64. The van der Waals surface area contributed by atoms with Crippen LogP contribution in [0, 0.1) is 6.92 Å². The van der Waals surface area contributed by atoms with E-state index in [9.17, 15) is 4.79 Å². The molecule has 156 valence electrons. The highest BCUT2D eigenvalue weighted by atomic mass is 16.5. The summed E-state index contributed by atoms with van der Waals surface area (Å²) in [7, 11) is 1.42. The van der Waals surface area contributed by atoms with Gasteiger partial charge in [0.2, 0.25) is 0 Å². The first-order valence-electron chi connectivity index (χ1n) is 10.4. The lowest BCUT2D eigenvalue weighted by molar-refractivity contribution is -0.142. The zero-order valence-corrected chi connectivity index (χ0v) is 18.0. The van der Waals surface area contributed by atoms with Crippen LogP contribution < -0.4 is 0 Å². The lowest BCUT2D eigenvalue weighted by Crippen LogP contribution is -2.28. The van der Waals surface area contributed by atoms with E-state index in [1.54, 1.807) is 0 Å². The smallest absolute Gasteiger partial charge is 0.331 e. The maximum atomic E-state index is 12.9. The van der Waals surface area contributed by atoms with Gasteiger partial charge in [0.15, 0.2) is 6.04 Å². The van der Waals surface area contributed by atoms with Gasteiger partial charge in [0.1, 0.15) is 0 Å². The number of aliphatic imine (C=N–C) groups is 1. The van der Waals surface area contributed by atoms with Crippen molar-refractivity contribution in [2.45, 2.75) is 25.8 Å². The van der Waals surface area contributed by atoms with Crippen LogP contribution in [0.25, 0.3) is 10.9 Å². The third kappa shape index (κ3) is 4.29. The number of carbonyl (C=O) groups is 1. The number of H-pyrrole nitrogens is 1. The molecule has 0 unspecified atom stereocenters. The largest absolute Gasteiger partial charge is 0.467 e. The molecule has 1 heterocycles. The fourth-order valence-corrected chi connectivity index (χ4v) is 3.94. The van der Waals surface area contributed by atoms with Crippen molar-refractivity contribution in [3.8, 4) is 0 Å². The SMILES string of the molecule is COC(=O)[C@@H](N=C(c1ccccc1)c1ccccc1)[C@H](C)c1c[nH]c2ccc(C)cc12. The van der Waals surface area contributed by atoms with Gasteiger partial charge in [-0.25, -0.2) is 4.79 Å². The summed E-state index contributed by atoms with van der Waals surface area (Å²) in [6.45, 7) is 4.10. The van der Waals surface area contributed by atoms with E-state index < -0.39 is 6.04 Å². The summed E-state index contributed by atoms with van der Waals surface area (Å²) >= 11 is 0. The maximum Gasteiger partial charge on any atom is 0.331 e. The number of nitrogens with zero attached hydrogens (tertiary/aromatic N) is 1. The Bertz CT molecular complexity index is 1170. The molecule has 4 nitrogen and oxygen atoms in total. The molecule has 31 heavy (non-hydrogen) atoms. The van der Waals surface area contributed by atoms with Crippen LogP contribution in [0.15, 0.2) is 90.1 Å². The van der Waals surface area contributed by atoms with Gasteiger partial charge in [0.25, 0.3) is 0 Å². The summed E-state index contributed by atoms with van der Waals surface area (Å²) in [4.78, 5) is 21.2. The summed E-state index contributed by atoms with van der Waals surface area (Å²) < 4.78 is 5.18. The number of esters is 1. The van der Waals surface area contributed by atoms with E-state index in [-0.39, 0.29) is 11.9 Å². The summed E-state index contributed by atoms with van der Waals surface area (Å²) in [5.41, 5.74) is 5.98. The molecule has 0 radical (unpaired) electrons. The van der Waals surface area contributed by atoms with Gasteiger partial charge in [-0.3, -0.25) is 4.99 Å². The summed E-state index contributed by atoms with van der Waals surface area (Å²) in [5, 5.41) is 1.11. The quantitative estimate of drug-likeness (QED) is 0.329. The Balaban J connectivity index is 1.85. The van der Waals surface area contributed by atoms with Crippen LogP contribution in [0.1, 0.15) is 35.1 Å². The Hall–Kier alpha value is -3.66. The van der Waals surface area contributed by atoms with Gasteiger partial charge < -0.3 is 9.72 Å². The number of hydrogen-bond acceptors (Lipinski definition) is 3. The molecule has 0 amide bonds. The number of fused-ring (bicyclic) bond motifs is 1. The fraction of sp³-hybridized carbons (Fsp3) is 0.185. The highest BCUT2D eigenvalue weighted by Gasteiger charge is 2.29. The number of hydrogen-bond donors (Lipinski definition) is 1. The predicted octanol–water partition coefficient (Wildman–Crippen LogP) is 5.66. The molecule has 1 N–H and O–H groups in total. The molecule has 0 saturated carbocycles. The minimum atomic E-state index is -0.681. The van der Waals surface area contributed by atoms with E-state index in [0.717, 1.165) is 33.3 Å².